The second-order valence-corrected chi connectivity index (χ2v) is 6.20. The lowest BCUT2D eigenvalue weighted by Gasteiger charge is -2.14. The topological polar surface area (TPSA) is 57.4 Å². The molecule has 1 aromatic carbocycles. The van der Waals surface area contributed by atoms with E-state index in [0.29, 0.717) is 6.61 Å². The highest BCUT2D eigenvalue weighted by Gasteiger charge is 2.17. The van der Waals surface area contributed by atoms with Crippen LogP contribution in [0.15, 0.2) is 30.5 Å². The number of nitrogens with two attached hydrogens (primary N) is 1. The molecule has 0 saturated heterocycles. The molecule has 0 atom stereocenters. The number of aromatic nitrogens is 1. The fraction of sp³-hybridized carbons (Fsp3) is 0.400. The van der Waals surface area contributed by atoms with Crippen LogP contribution in [-0.2, 0) is 12.0 Å². The standard InChI is InChI=1S/C15H20N2O2S/c1-15(2,16)13-10-17-14(20-13)8-9-19-12-7-5-4-6-11(12)18-3/h4-7,10H,8-9,16H2,1-3H3. The number of benzene rings is 1. The minimum absolute atomic E-state index is 0.334. The molecule has 0 fully saturated rings. The summed E-state index contributed by atoms with van der Waals surface area (Å²) in [6, 6.07) is 7.63. The molecule has 0 bridgehead atoms. The zero-order valence-electron chi connectivity index (χ0n) is 12.1. The van der Waals surface area contributed by atoms with Crippen molar-refractivity contribution in [2.45, 2.75) is 25.8 Å². The summed E-state index contributed by atoms with van der Waals surface area (Å²) in [7, 11) is 1.64. The molecular formula is C15H20N2O2S. The Bertz CT molecular complexity index is 561. The van der Waals surface area contributed by atoms with E-state index in [9.17, 15) is 0 Å². The third-order valence-corrected chi connectivity index (χ3v) is 4.23. The summed E-state index contributed by atoms with van der Waals surface area (Å²) in [5.74, 6) is 1.50. The third kappa shape index (κ3) is 3.71. The lowest BCUT2D eigenvalue weighted by Crippen LogP contribution is -2.27. The highest BCUT2D eigenvalue weighted by molar-refractivity contribution is 7.11. The number of para-hydroxylation sites is 2. The monoisotopic (exact) mass is 292 g/mol. The largest absolute Gasteiger partial charge is 0.493 e. The summed E-state index contributed by atoms with van der Waals surface area (Å²) in [6.07, 6.45) is 2.61. The molecule has 20 heavy (non-hydrogen) atoms. The average molecular weight is 292 g/mol. The molecule has 2 aromatic rings. The SMILES string of the molecule is COc1ccccc1OCCc1ncc(C(C)(C)N)s1. The van der Waals surface area contributed by atoms with E-state index < -0.39 is 0 Å². The highest BCUT2D eigenvalue weighted by atomic mass is 32.1. The first-order valence-corrected chi connectivity index (χ1v) is 7.32. The summed E-state index contributed by atoms with van der Waals surface area (Å²) in [4.78, 5) is 5.47. The van der Waals surface area contributed by atoms with Crippen LogP contribution < -0.4 is 15.2 Å². The van der Waals surface area contributed by atoms with Gasteiger partial charge in [0.1, 0.15) is 0 Å². The Balaban J connectivity index is 1.91. The van der Waals surface area contributed by atoms with E-state index in [1.807, 2.05) is 44.3 Å². The smallest absolute Gasteiger partial charge is 0.161 e. The third-order valence-electron chi connectivity index (χ3n) is 2.83. The summed E-state index contributed by atoms with van der Waals surface area (Å²) >= 11 is 1.64. The predicted molar refractivity (Wildman–Crippen MR) is 81.5 cm³/mol. The zero-order chi connectivity index (χ0) is 14.6. The van der Waals surface area contributed by atoms with Crippen molar-refractivity contribution in [2.75, 3.05) is 13.7 Å². The molecule has 0 spiro atoms. The molecule has 5 heteroatoms. The normalized spacial score (nSPS) is 11.4. The maximum absolute atomic E-state index is 6.05. The maximum Gasteiger partial charge on any atom is 0.161 e. The van der Waals surface area contributed by atoms with E-state index in [0.717, 1.165) is 27.8 Å². The lowest BCUT2D eigenvalue weighted by molar-refractivity contribution is 0.297. The molecule has 0 aliphatic heterocycles. The van der Waals surface area contributed by atoms with Crippen molar-refractivity contribution in [3.8, 4) is 11.5 Å². The van der Waals surface area contributed by atoms with Gasteiger partial charge < -0.3 is 15.2 Å². The Morgan fingerprint density at radius 3 is 2.55 bits per heavy atom. The molecule has 0 radical (unpaired) electrons. The number of ether oxygens (including phenoxy) is 2. The summed E-state index contributed by atoms with van der Waals surface area (Å²) in [5, 5.41) is 1.04. The number of methoxy groups -OCH3 is 1. The minimum Gasteiger partial charge on any atom is -0.493 e. The second-order valence-electron chi connectivity index (χ2n) is 5.09. The molecule has 2 N–H and O–H groups in total. The van der Waals surface area contributed by atoms with Crippen molar-refractivity contribution in [1.29, 1.82) is 0 Å². The van der Waals surface area contributed by atoms with Gasteiger partial charge in [0.05, 0.1) is 18.7 Å². The van der Waals surface area contributed by atoms with Gasteiger partial charge in [-0.1, -0.05) is 12.1 Å². The van der Waals surface area contributed by atoms with Gasteiger partial charge in [-0.05, 0) is 26.0 Å². The van der Waals surface area contributed by atoms with Crippen LogP contribution in [0.5, 0.6) is 11.5 Å². The fourth-order valence-corrected chi connectivity index (χ4v) is 2.62. The maximum atomic E-state index is 6.05. The van der Waals surface area contributed by atoms with Gasteiger partial charge in [-0.2, -0.15) is 0 Å². The molecule has 0 saturated carbocycles. The first-order valence-electron chi connectivity index (χ1n) is 6.50. The van der Waals surface area contributed by atoms with E-state index >= 15 is 0 Å². The van der Waals surface area contributed by atoms with Crippen LogP contribution in [0, 0.1) is 0 Å². The molecular weight excluding hydrogens is 272 g/mol. The van der Waals surface area contributed by atoms with E-state index in [2.05, 4.69) is 4.98 Å². The van der Waals surface area contributed by atoms with Gasteiger partial charge in [0.25, 0.3) is 0 Å². The Kier molecular flexibility index (Phi) is 4.62. The number of hydrogen-bond acceptors (Lipinski definition) is 5. The van der Waals surface area contributed by atoms with Gasteiger partial charge in [0.2, 0.25) is 0 Å². The summed E-state index contributed by atoms with van der Waals surface area (Å²) in [6.45, 7) is 4.53. The molecule has 0 aliphatic carbocycles. The van der Waals surface area contributed by atoms with Crippen molar-refractivity contribution in [2.24, 2.45) is 5.73 Å². The van der Waals surface area contributed by atoms with Crippen molar-refractivity contribution >= 4 is 11.3 Å². The highest BCUT2D eigenvalue weighted by Crippen LogP contribution is 2.27. The Hall–Kier alpha value is -1.59. The zero-order valence-corrected chi connectivity index (χ0v) is 12.9. The molecule has 2 rings (SSSR count). The molecule has 1 aromatic heterocycles. The number of rotatable bonds is 6. The molecule has 108 valence electrons. The van der Waals surface area contributed by atoms with E-state index in [4.69, 9.17) is 15.2 Å². The summed E-state index contributed by atoms with van der Waals surface area (Å²) < 4.78 is 11.0. The number of hydrogen-bond donors (Lipinski definition) is 1. The van der Waals surface area contributed by atoms with Gasteiger partial charge in [0, 0.05) is 23.0 Å². The van der Waals surface area contributed by atoms with Crippen LogP contribution in [0.2, 0.25) is 0 Å². The van der Waals surface area contributed by atoms with Crippen molar-refractivity contribution in [1.82, 2.24) is 4.98 Å². The number of nitrogens with zero attached hydrogens (tertiary/aromatic N) is 1. The quantitative estimate of drug-likeness (QED) is 0.889. The van der Waals surface area contributed by atoms with Crippen LogP contribution >= 0.6 is 11.3 Å². The second kappa shape index (κ2) is 6.24. The number of thiazole rings is 1. The van der Waals surface area contributed by atoms with Gasteiger partial charge in [-0.25, -0.2) is 4.98 Å². The van der Waals surface area contributed by atoms with Crippen LogP contribution in [0.3, 0.4) is 0 Å². The van der Waals surface area contributed by atoms with E-state index in [1.54, 1.807) is 18.4 Å². The molecule has 4 nitrogen and oxygen atoms in total. The minimum atomic E-state index is -0.334. The molecule has 0 aliphatic rings. The van der Waals surface area contributed by atoms with Gasteiger partial charge in [-0.15, -0.1) is 11.3 Å². The van der Waals surface area contributed by atoms with Crippen molar-refractivity contribution in [3.63, 3.8) is 0 Å². The van der Waals surface area contributed by atoms with Gasteiger partial charge in [0.15, 0.2) is 11.5 Å². The lowest BCUT2D eigenvalue weighted by atomic mass is 10.1. The molecule has 0 amide bonds. The average Bonchev–Trinajstić information content (AvgIpc) is 2.88. The van der Waals surface area contributed by atoms with Gasteiger partial charge >= 0.3 is 0 Å². The Morgan fingerprint density at radius 1 is 1.25 bits per heavy atom. The van der Waals surface area contributed by atoms with E-state index in [-0.39, 0.29) is 5.54 Å². The fourth-order valence-electron chi connectivity index (χ4n) is 1.71. The van der Waals surface area contributed by atoms with Crippen LogP contribution in [0.25, 0.3) is 0 Å². The van der Waals surface area contributed by atoms with Crippen molar-refractivity contribution in [3.05, 3.63) is 40.3 Å². The Morgan fingerprint density at radius 2 is 1.95 bits per heavy atom. The van der Waals surface area contributed by atoms with Crippen LogP contribution in [-0.4, -0.2) is 18.7 Å². The van der Waals surface area contributed by atoms with E-state index in [1.165, 1.54) is 0 Å². The molecule has 0 unspecified atom stereocenters. The van der Waals surface area contributed by atoms with Gasteiger partial charge in [-0.3, -0.25) is 0 Å². The van der Waals surface area contributed by atoms with Crippen LogP contribution in [0.1, 0.15) is 23.7 Å². The molecule has 1 heterocycles. The summed E-state index contributed by atoms with van der Waals surface area (Å²) in [5.41, 5.74) is 5.72. The first-order chi connectivity index (χ1) is 9.50. The van der Waals surface area contributed by atoms with Crippen molar-refractivity contribution < 1.29 is 9.47 Å². The predicted octanol–water partition coefficient (Wildman–Crippen LogP) is 2.97. The first kappa shape index (κ1) is 14.8. The Labute approximate surface area is 123 Å². The van der Waals surface area contributed by atoms with Crippen LogP contribution in [0.4, 0.5) is 0 Å².